The van der Waals surface area contributed by atoms with Gasteiger partial charge in [-0.3, -0.25) is 4.79 Å². The van der Waals surface area contributed by atoms with Crippen molar-refractivity contribution in [2.24, 2.45) is 0 Å². The van der Waals surface area contributed by atoms with E-state index in [1.165, 1.54) is 180 Å². The Morgan fingerprint density at radius 1 is 0.507 bits per heavy atom. The van der Waals surface area contributed by atoms with Crippen molar-refractivity contribution < 1.29 is 50.0 Å². The standard InChI is InChI=1S/C56H109NO10/c1-3-5-7-9-11-13-15-17-19-21-23-24-25-26-28-30-32-34-36-38-40-42-44-49(60)55(65)57-47(46-66-56-54(64)53(63)52(62)50(45-58)67-56)51(61)48(59)43-41-39-37-35-33-31-29-27-22-20-18-16-14-12-10-8-6-4-2/h26,28,47-54,56,58-64H,3-25,27,29-46H2,1-2H3,(H,57,65)/b28-26-. The van der Waals surface area contributed by atoms with Gasteiger partial charge in [-0.1, -0.05) is 244 Å². The highest BCUT2D eigenvalue weighted by atomic mass is 16.7. The molecule has 8 N–H and O–H groups in total. The van der Waals surface area contributed by atoms with Crippen LogP contribution in [0.25, 0.3) is 0 Å². The molecule has 1 saturated heterocycles. The topological polar surface area (TPSA) is 189 Å². The molecule has 11 heteroatoms. The second kappa shape index (κ2) is 46.0. The predicted octanol–water partition coefficient (Wildman–Crippen LogP) is 11.6. The zero-order valence-corrected chi connectivity index (χ0v) is 43.4. The second-order valence-electron chi connectivity index (χ2n) is 20.4. The molecule has 11 nitrogen and oxygen atoms in total. The summed E-state index contributed by atoms with van der Waals surface area (Å²) in [4.78, 5) is 13.2. The smallest absolute Gasteiger partial charge is 0.249 e. The van der Waals surface area contributed by atoms with Crippen molar-refractivity contribution in [1.82, 2.24) is 5.32 Å². The number of ether oxygens (including phenoxy) is 2. The molecule has 398 valence electrons. The van der Waals surface area contributed by atoms with E-state index >= 15 is 0 Å². The van der Waals surface area contributed by atoms with Gasteiger partial charge in [0, 0.05) is 0 Å². The molecule has 1 fully saturated rings. The van der Waals surface area contributed by atoms with Gasteiger partial charge in [-0.15, -0.1) is 0 Å². The Morgan fingerprint density at radius 2 is 0.866 bits per heavy atom. The van der Waals surface area contributed by atoms with E-state index in [0.717, 1.165) is 51.4 Å². The molecule has 1 amide bonds. The Bertz CT molecular complexity index is 1100. The molecule has 9 atom stereocenters. The van der Waals surface area contributed by atoms with Crippen LogP contribution in [-0.4, -0.2) is 110 Å². The van der Waals surface area contributed by atoms with Gasteiger partial charge in [0.15, 0.2) is 6.29 Å². The van der Waals surface area contributed by atoms with E-state index in [-0.39, 0.29) is 6.42 Å². The molecule has 0 saturated carbocycles. The van der Waals surface area contributed by atoms with Gasteiger partial charge in [0.1, 0.15) is 36.6 Å². The van der Waals surface area contributed by atoms with Gasteiger partial charge in [-0.2, -0.15) is 0 Å². The molecular formula is C56H109NO10. The lowest BCUT2D eigenvalue weighted by Crippen LogP contribution is -2.60. The fraction of sp³-hybridized carbons (Fsp3) is 0.946. The molecule has 67 heavy (non-hydrogen) atoms. The number of rotatable bonds is 49. The van der Waals surface area contributed by atoms with Crippen LogP contribution in [0, 0.1) is 0 Å². The lowest BCUT2D eigenvalue weighted by molar-refractivity contribution is -0.303. The number of aliphatic hydroxyl groups is 7. The summed E-state index contributed by atoms with van der Waals surface area (Å²) in [5.74, 6) is -0.697. The number of unbranched alkanes of at least 4 members (excludes halogenated alkanes) is 35. The van der Waals surface area contributed by atoms with Gasteiger partial charge in [-0.05, 0) is 38.5 Å². The fourth-order valence-corrected chi connectivity index (χ4v) is 9.38. The maximum Gasteiger partial charge on any atom is 0.249 e. The van der Waals surface area contributed by atoms with Crippen LogP contribution >= 0.6 is 0 Å². The summed E-state index contributed by atoms with van der Waals surface area (Å²) in [6, 6.07) is -1.17. The number of hydrogen-bond acceptors (Lipinski definition) is 10. The molecule has 1 aliphatic heterocycles. The van der Waals surface area contributed by atoms with Crippen molar-refractivity contribution in [3.05, 3.63) is 12.2 Å². The fourth-order valence-electron chi connectivity index (χ4n) is 9.38. The molecule has 0 aliphatic carbocycles. The molecule has 1 rings (SSSR count). The van der Waals surface area contributed by atoms with E-state index in [0.29, 0.717) is 19.3 Å². The van der Waals surface area contributed by atoms with Gasteiger partial charge in [0.25, 0.3) is 0 Å². The summed E-state index contributed by atoms with van der Waals surface area (Å²) >= 11 is 0. The van der Waals surface area contributed by atoms with Gasteiger partial charge < -0.3 is 50.5 Å². The number of carbonyl (C=O) groups excluding carboxylic acids is 1. The van der Waals surface area contributed by atoms with Crippen molar-refractivity contribution in [2.75, 3.05) is 13.2 Å². The minimum atomic E-state index is -1.66. The molecule has 0 bridgehead atoms. The van der Waals surface area contributed by atoms with Crippen molar-refractivity contribution in [1.29, 1.82) is 0 Å². The van der Waals surface area contributed by atoms with Crippen LogP contribution in [0.5, 0.6) is 0 Å². The summed E-state index contributed by atoms with van der Waals surface area (Å²) in [5.41, 5.74) is 0. The number of carbonyl (C=O) groups is 1. The van der Waals surface area contributed by atoms with E-state index < -0.39 is 74.2 Å². The average Bonchev–Trinajstić information content (AvgIpc) is 3.33. The Hall–Kier alpha value is -1.15. The molecule has 0 aromatic rings. The first-order valence-corrected chi connectivity index (χ1v) is 28.6. The molecule has 0 spiro atoms. The third-order valence-corrected chi connectivity index (χ3v) is 14.1. The van der Waals surface area contributed by atoms with Gasteiger partial charge in [-0.25, -0.2) is 0 Å². The molecule has 0 aromatic carbocycles. The normalized spacial score (nSPS) is 20.6. The molecule has 1 aliphatic rings. The van der Waals surface area contributed by atoms with Crippen LogP contribution in [0.2, 0.25) is 0 Å². The number of hydrogen-bond donors (Lipinski definition) is 8. The quantitative estimate of drug-likeness (QED) is 0.0215. The third kappa shape index (κ3) is 34.8. The minimum Gasteiger partial charge on any atom is -0.394 e. The zero-order valence-electron chi connectivity index (χ0n) is 43.4. The summed E-state index contributed by atoms with van der Waals surface area (Å²) in [7, 11) is 0. The Morgan fingerprint density at radius 3 is 1.25 bits per heavy atom. The number of allylic oxidation sites excluding steroid dienone is 2. The lowest BCUT2D eigenvalue weighted by atomic mass is 9.98. The van der Waals surface area contributed by atoms with Crippen LogP contribution in [0.1, 0.15) is 271 Å². The highest BCUT2D eigenvalue weighted by Crippen LogP contribution is 2.23. The van der Waals surface area contributed by atoms with E-state index in [9.17, 15) is 40.5 Å². The monoisotopic (exact) mass is 956 g/mol. The van der Waals surface area contributed by atoms with Crippen molar-refractivity contribution in [2.45, 2.75) is 326 Å². The van der Waals surface area contributed by atoms with Crippen molar-refractivity contribution >= 4 is 5.91 Å². The lowest BCUT2D eigenvalue weighted by Gasteiger charge is -2.40. The summed E-state index contributed by atoms with van der Waals surface area (Å²) in [6.45, 7) is 3.48. The van der Waals surface area contributed by atoms with Crippen LogP contribution in [-0.2, 0) is 14.3 Å². The van der Waals surface area contributed by atoms with Gasteiger partial charge >= 0.3 is 0 Å². The summed E-state index contributed by atoms with van der Waals surface area (Å²) in [5, 5.41) is 76.1. The highest BCUT2D eigenvalue weighted by Gasteiger charge is 2.44. The molecular weight excluding hydrogens is 847 g/mol. The number of nitrogens with one attached hydrogen (secondary N) is 1. The van der Waals surface area contributed by atoms with Gasteiger partial charge in [0.05, 0.1) is 25.4 Å². The SMILES string of the molecule is CCCCCCCCCCCCCC/C=C\CCCCCCCCC(O)C(=O)NC(COC1OC(CO)C(O)C(O)C1O)C(O)C(O)CCCCCCCCCCCCCCCCCCCC. The number of amides is 1. The maximum absolute atomic E-state index is 13.2. The first-order chi connectivity index (χ1) is 32.7. The second-order valence-corrected chi connectivity index (χ2v) is 20.4. The molecule has 0 aromatic heterocycles. The summed E-state index contributed by atoms with van der Waals surface area (Å²) < 4.78 is 11.1. The van der Waals surface area contributed by atoms with E-state index in [2.05, 4.69) is 31.3 Å². The predicted molar refractivity (Wildman–Crippen MR) is 275 cm³/mol. The zero-order chi connectivity index (χ0) is 49.0. The largest absolute Gasteiger partial charge is 0.394 e. The first kappa shape index (κ1) is 63.9. The van der Waals surface area contributed by atoms with Crippen LogP contribution < -0.4 is 5.32 Å². The maximum atomic E-state index is 13.2. The average molecular weight is 956 g/mol. The Kier molecular flexibility index (Phi) is 43.8. The van der Waals surface area contributed by atoms with E-state index in [1.807, 2.05) is 0 Å². The van der Waals surface area contributed by atoms with Crippen molar-refractivity contribution in [3.8, 4) is 0 Å². The van der Waals surface area contributed by atoms with E-state index in [1.54, 1.807) is 0 Å². The van der Waals surface area contributed by atoms with Crippen LogP contribution in [0.4, 0.5) is 0 Å². The highest BCUT2D eigenvalue weighted by molar-refractivity contribution is 5.80. The van der Waals surface area contributed by atoms with Gasteiger partial charge in [0.2, 0.25) is 5.91 Å². The Labute approximate surface area is 411 Å². The van der Waals surface area contributed by atoms with Crippen molar-refractivity contribution in [3.63, 3.8) is 0 Å². The molecule has 9 unspecified atom stereocenters. The first-order valence-electron chi connectivity index (χ1n) is 28.6. The summed E-state index contributed by atoms with van der Waals surface area (Å²) in [6.07, 6.45) is 41.1. The van der Waals surface area contributed by atoms with Crippen LogP contribution in [0.3, 0.4) is 0 Å². The van der Waals surface area contributed by atoms with E-state index in [4.69, 9.17) is 9.47 Å². The minimum absolute atomic E-state index is 0.256. The number of aliphatic hydroxyl groups excluding tert-OH is 7. The molecule has 0 radical (unpaired) electrons. The van der Waals surface area contributed by atoms with Crippen LogP contribution in [0.15, 0.2) is 12.2 Å². The molecule has 1 heterocycles. The third-order valence-electron chi connectivity index (χ3n) is 14.1. The Balaban J connectivity index is 2.33.